The van der Waals surface area contributed by atoms with E-state index in [4.69, 9.17) is 9.47 Å². The minimum Gasteiger partial charge on any atom is -0.504 e. The van der Waals surface area contributed by atoms with E-state index in [-0.39, 0.29) is 5.75 Å². The zero-order valence-corrected chi connectivity index (χ0v) is 11.3. The van der Waals surface area contributed by atoms with Crippen molar-refractivity contribution >= 4 is 0 Å². The fraction of sp³-hybridized carbons (Fsp3) is 0.600. The van der Waals surface area contributed by atoms with Gasteiger partial charge < -0.3 is 14.6 Å². The Labute approximate surface area is 113 Å². The van der Waals surface area contributed by atoms with Gasteiger partial charge in [-0.15, -0.1) is 0 Å². The van der Waals surface area contributed by atoms with Crippen LogP contribution in [0.1, 0.15) is 24.8 Å². The van der Waals surface area contributed by atoms with Crippen LogP contribution in [0.3, 0.4) is 0 Å². The Hall–Kier alpha value is -1.26. The molecule has 0 amide bonds. The number of nitrogens with zero attached hydrogens (tertiary/aromatic N) is 1. The fourth-order valence-electron chi connectivity index (χ4n) is 3.26. The average Bonchev–Trinajstić information content (AvgIpc) is 2.90. The number of methoxy groups -OCH3 is 1. The second-order valence-electron chi connectivity index (χ2n) is 5.38. The zero-order valence-electron chi connectivity index (χ0n) is 11.3. The number of morpholine rings is 1. The number of hydrogen-bond donors (Lipinski definition) is 1. The predicted molar refractivity (Wildman–Crippen MR) is 72.4 cm³/mol. The monoisotopic (exact) mass is 263 g/mol. The van der Waals surface area contributed by atoms with Gasteiger partial charge in [0.25, 0.3) is 0 Å². The summed E-state index contributed by atoms with van der Waals surface area (Å²) in [5.74, 6) is 0.751. The second-order valence-corrected chi connectivity index (χ2v) is 5.38. The summed E-state index contributed by atoms with van der Waals surface area (Å²) in [6, 6.07) is 6.17. The summed E-state index contributed by atoms with van der Waals surface area (Å²) in [7, 11) is 1.58. The standard InChI is InChI=1S/C15H21NO3/c1-18-15-9-11(5-6-13(15)17)10-16-7-8-19-14-4-2-3-12(14)16/h5-6,9,12,14,17H,2-4,7-8,10H2,1H3. The summed E-state index contributed by atoms with van der Waals surface area (Å²) in [6.07, 6.45) is 4.12. The number of phenols is 1. The molecule has 1 saturated carbocycles. The first-order valence-electron chi connectivity index (χ1n) is 6.99. The highest BCUT2D eigenvalue weighted by Gasteiger charge is 2.35. The third kappa shape index (κ3) is 2.55. The van der Waals surface area contributed by atoms with Crippen LogP contribution in [0.25, 0.3) is 0 Å². The van der Waals surface area contributed by atoms with Crippen LogP contribution in [-0.4, -0.2) is 42.4 Å². The van der Waals surface area contributed by atoms with Crippen molar-refractivity contribution in [3.8, 4) is 11.5 Å². The number of aromatic hydroxyl groups is 1. The lowest BCUT2D eigenvalue weighted by Gasteiger charge is -2.37. The van der Waals surface area contributed by atoms with Crippen LogP contribution in [0, 0.1) is 0 Å². The van der Waals surface area contributed by atoms with Crippen molar-refractivity contribution in [2.75, 3.05) is 20.3 Å². The first kappa shape index (κ1) is 12.8. The van der Waals surface area contributed by atoms with Crippen molar-refractivity contribution in [3.05, 3.63) is 23.8 Å². The van der Waals surface area contributed by atoms with Gasteiger partial charge in [-0.3, -0.25) is 4.90 Å². The maximum Gasteiger partial charge on any atom is 0.160 e. The summed E-state index contributed by atoms with van der Waals surface area (Å²) >= 11 is 0. The first-order valence-corrected chi connectivity index (χ1v) is 6.99. The Morgan fingerprint density at radius 3 is 3.16 bits per heavy atom. The summed E-state index contributed by atoms with van der Waals surface area (Å²) in [4.78, 5) is 2.51. The van der Waals surface area contributed by atoms with Crippen molar-refractivity contribution in [1.29, 1.82) is 0 Å². The lowest BCUT2D eigenvalue weighted by molar-refractivity contribution is -0.0588. The van der Waals surface area contributed by atoms with Crippen LogP contribution in [0.15, 0.2) is 18.2 Å². The van der Waals surface area contributed by atoms with Crippen LogP contribution in [-0.2, 0) is 11.3 Å². The largest absolute Gasteiger partial charge is 0.504 e. The van der Waals surface area contributed by atoms with Gasteiger partial charge in [-0.1, -0.05) is 6.07 Å². The van der Waals surface area contributed by atoms with Crippen LogP contribution in [0.2, 0.25) is 0 Å². The molecule has 1 N–H and O–H groups in total. The van der Waals surface area contributed by atoms with E-state index < -0.39 is 0 Å². The molecule has 4 nitrogen and oxygen atoms in total. The molecule has 2 aliphatic rings. The van der Waals surface area contributed by atoms with E-state index in [0.29, 0.717) is 17.9 Å². The normalized spacial score (nSPS) is 27.2. The highest BCUT2D eigenvalue weighted by atomic mass is 16.5. The quantitative estimate of drug-likeness (QED) is 0.907. The van der Waals surface area contributed by atoms with Gasteiger partial charge in [0.05, 0.1) is 19.8 Å². The van der Waals surface area contributed by atoms with E-state index in [1.165, 1.54) is 24.8 Å². The lowest BCUT2D eigenvalue weighted by Crippen LogP contribution is -2.47. The molecule has 2 atom stereocenters. The van der Waals surface area contributed by atoms with Gasteiger partial charge in [-0.05, 0) is 37.0 Å². The van der Waals surface area contributed by atoms with Crippen molar-refractivity contribution in [3.63, 3.8) is 0 Å². The molecule has 0 radical (unpaired) electrons. The van der Waals surface area contributed by atoms with Gasteiger partial charge in [0, 0.05) is 19.1 Å². The third-order valence-electron chi connectivity index (χ3n) is 4.23. The smallest absolute Gasteiger partial charge is 0.160 e. The minimum atomic E-state index is 0.201. The Morgan fingerprint density at radius 2 is 2.32 bits per heavy atom. The first-order chi connectivity index (χ1) is 9.28. The molecule has 0 spiro atoms. The molecule has 1 aliphatic carbocycles. The molecule has 2 unspecified atom stereocenters. The van der Waals surface area contributed by atoms with Gasteiger partial charge in [0.15, 0.2) is 11.5 Å². The number of hydrogen-bond acceptors (Lipinski definition) is 4. The van der Waals surface area contributed by atoms with Crippen LogP contribution in [0.5, 0.6) is 11.5 Å². The minimum absolute atomic E-state index is 0.201. The second kappa shape index (κ2) is 5.39. The van der Waals surface area contributed by atoms with E-state index in [1.54, 1.807) is 13.2 Å². The number of fused-ring (bicyclic) bond motifs is 1. The number of ether oxygens (including phenoxy) is 2. The molecule has 1 aliphatic heterocycles. The highest BCUT2D eigenvalue weighted by molar-refractivity contribution is 5.41. The molecule has 0 aromatic heterocycles. The molecule has 1 saturated heterocycles. The van der Waals surface area contributed by atoms with Gasteiger partial charge >= 0.3 is 0 Å². The predicted octanol–water partition coefficient (Wildman–Crippen LogP) is 2.15. The van der Waals surface area contributed by atoms with Crippen molar-refractivity contribution in [2.24, 2.45) is 0 Å². The van der Waals surface area contributed by atoms with E-state index >= 15 is 0 Å². The molecule has 2 fully saturated rings. The van der Waals surface area contributed by atoms with Crippen LogP contribution >= 0.6 is 0 Å². The van der Waals surface area contributed by atoms with Gasteiger partial charge in [0.1, 0.15) is 0 Å². The summed E-state index contributed by atoms with van der Waals surface area (Å²) in [6.45, 7) is 2.72. The van der Waals surface area contributed by atoms with E-state index in [1.807, 2.05) is 12.1 Å². The maximum absolute atomic E-state index is 9.63. The van der Waals surface area contributed by atoms with Gasteiger partial charge in [0.2, 0.25) is 0 Å². The van der Waals surface area contributed by atoms with E-state index in [0.717, 1.165) is 19.7 Å². The van der Waals surface area contributed by atoms with Crippen molar-refractivity contribution in [2.45, 2.75) is 38.0 Å². The van der Waals surface area contributed by atoms with Crippen LogP contribution in [0.4, 0.5) is 0 Å². The third-order valence-corrected chi connectivity index (χ3v) is 4.23. The fourth-order valence-corrected chi connectivity index (χ4v) is 3.26. The summed E-state index contributed by atoms with van der Waals surface area (Å²) in [5.41, 5.74) is 1.18. The van der Waals surface area contributed by atoms with Crippen molar-refractivity contribution < 1.29 is 14.6 Å². The molecule has 1 aromatic carbocycles. The molecule has 3 rings (SSSR count). The number of benzene rings is 1. The van der Waals surface area contributed by atoms with E-state index in [9.17, 15) is 5.11 Å². The average molecular weight is 263 g/mol. The molecule has 0 bridgehead atoms. The lowest BCUT2D eigenvalue weighted by atomic mass is 10.1. The zero-order chi connectivity index (χ0) is 13.2. The Balaban J connectivity index is 1.73. The molecule has 1 heterocycles. The molecule has 19 heavy (non-hydrogen) atoms. The Morgan fingerprint density at radius 1 is 1.42 bits per heavy atom. The molecular formula is C15H21NO3. The number of rotatable bonds is 3. The van der Waals surface area contributed by atoms with E-state index in [2.05, 4.69) is 4.90 Å². The molecular weight excluding hydrogens is 242 g/mol. The molecule has 1 aromatic rings. The molecule has 104 valence electrons. The number of phenolic OH excluding ortho intramolecular Hbond substituents is 1. The van der Waals surface area contributed by atoms with Gasteiger partial charge in [-0.2, -0.15) is 0 Å². The summed E-state index contributed by atoms with van der Waals surface area (Å²) < 4.78 is 11.0. The topological polar surface area (TPSA) is 41.9 Å². The SMILES string of the molecule is COc1cc(CN2CCOC3CCCC32)ccc1O. The Bertz CT molecular complexity index is 449. The summed E-state index contributed by atoms with van der Waals surface area (Å²) in [5, 5.41) is 9.63. The maximum atomic E-state index is 9.63. The van der Waals surface area contributed by atoms with Gasteiger partial charge in [-0.25, -0.2) is 0 Å². The van der Waals surface area contributed by atoms with Crippen LogP contribution < -0.4 is 4.74 Å². The highest BCUT2D eigenvalue weighted by Crippen LogP contribution is 2.32. The Kier molecular flexibility index (Phi) is 3.62. The van der Waals surface area contributed by atoms with Crippen molar-refractivity contribution in [1.82, 2.24) is 4.90 Å². The molecule has 4 heteroatoms.